The van der Waals surface area contributed by atoms with Gasteiger partial charge in [-0.15, -0.1) is 0 Å². The second-order valence-corrected chi connectivity index (χ2v) is 8.41. The Morgan fingerprint density at radius 2 is 1.78 bits per heavy atom. The summed E-state index contributed by atoms with van der Waals surface area (Å²) in [7, 11) is -1.86. The first-order valence-corrected chi connectivity index (χ1v) is 10.4. The summed E-state index contributed by atoms with van der Waals surface area (Å²) in [5.41, 5.74) is 0.878. The number of ether oxygens (including phenoxy) is 1. The first kappa shape index (κ1) is 21.3. The highest BCUT2D eigenvalue weighted by atomic mass is 32.2. The number of carbonyl (C=O) groups excluding carboxylic acids is 1. The molecule has 1 aromatic carbocycles. The van der Waals surface area contributed by atoms with Crippen molar-refractivity contribution in [1.82, 2.24) is 9.21 Å². The van der Waals surface area contributed by atoms with Gasteiger partial charge in [-0.05, 0) is 30.5 Å². The third kappa shape index (κ3) is 6.30. The topological polar surface area (TPSA) is 104 Å². The maximum absolute atomic E-state index is 12.6. The Balaban J connectivity index is 1.86. The minimum atomic E-state index is -3.51. The average Bonchev–Trinajstić information content (AvgIpc) is 2.66. The van der Waals surface area contributed by atoms with Crippen molar-refractivity contribution < 1.29 is 27.9 Å². The molecule has 0 bridgehead atoms. The molecule has 1 aromatic rings. The van der Waals surface area contributed by atoms with Gasteiger partial charge in [-0.1, -0.05) is 12.1 Å². The number of hydrogen-bond donors (Lipinski definition) is 1. The van der Waals surface area contributed by atoms with Gasteiger partial charge in [0, 0.05) is 39.5 Å². The average molecular weight is 398 g/mol. The predicted molar refractivity (Wildman–Crippen MR) is 98.8 cm³/mol. The first-order valence-electron chi connectivity index (χ1n) is 8.93. The molecule has 1 fully saturated rings. The Hall–Kier alpha value is -1.97. The van der Waals surface area contributed by atoms with E-state index in [9.17, 15) is 18.0 Å². The zero-order valence-electron chi connectivity index (χ0n) is 15.5. The summed E-state index contributed by atoms with van der Waals surface area (Å²) in [6, 6.07) is 6.60. The van der Waals surface area contributed by atoms with Crippen molar-refractivity contribution in [1.29, 1.82) is 0 Å². The van der Waals surface area contributed by atoms with E-state index in [4.69, 9.17) is 9.84 Å². The Morgan fingerprint density at radius 1 is 1.15 bits per heavy atom. The van der Waals surface area contributed by atoms with Gasteiger partial charge in [0.2, 0.25) is 15.9 Å². The largest absolute Gasteiger partial charge is 0.481 e. The molecule has 1 heterocycles. The van der Waals surface area contributed by atoms with Gasteiger partial charge in [-0.3, -0.25) is 9.59 Å². The Morgan fingerprint density at radius 3 is 2.37 bits per heavy atom. The van der Waals surface area contributed by atoms with Gasteiger partial charge in [0.1, 0.15) is 0 Å². The van der Waals surface area contributed by atoms with Crippen LogP contribution in [0.4, 0.5) is 0 Å². The second-order valence-electron chi connectivity index (χ2n) is 6.47. The highest BCUT2D eigenvalue weighted by molar-refractivity contribution is 7.89. The number of morpholine rings is 1. The molecule has 0 spiro atoms. The summed E-state index contributed by atoms with van der Waals surface area (Å²) >= 11 is 0. The van der Waals surface area contributed by atoms with Crippen LogP contribution in [-0.4, -0.2) is 74.5 Å². The predicted octanol–water partition coefficient (Wildman–Crippen LogP) is 0.963. The lowest BCUT2D eigenvalue weighted by molar-refractivity contribution is -0.138. The molecule has 1 amide bonds. The maximum Gasteiger partial charge on any atom is 0.303 e. The lowest BCUT2D eigenvalue weighted by atomic mass is 10.1. The molecule has 8 nitrogen and oxygen atoms in total. The van der Waals surface area contributed by atoms with E-state index in [-0.39, 0.29) is 17.2 Å². The molecule has 1 aliphatic heterocycles. The van der Waals surface area contributed by atoms with Crippen LogP contribution < -0.4 is 0 Å². The minimum absolute atomic E-state index is 0.0384. The van der Waals surface area contributed by atoms with Crippen molar-refractivity contribution in [2.45, 2.75) is 30.6 Å². The standard InChI is InChI=1S/C18H26N2O6S/c1-19(10-2-3-18(22)23)17(21)9-6-15-4-7-16(8-5-15)27(24,25)20-11-13-26-14-12-20/h4-5,7-8H,2-3,6,9-14H2,1H3,(H,22,23). The van der Waals surface area contributed by atoms with Gasteiger partial charge in [0.25, 0.3) is 0 Å². The van der Waals surface area contributed by atoms with Crippen LogP contribution in [0.15, 0.2) is 29.2 Å². The SMILES string of the molecule is CN(CCCC(=O)O)C(=O)CCc1ccc(S(=O)(=O)N2CCOCC2)cc1. The van der Waals surface area contributed by atoms with Crippen molar-refractivity contribution >= 4 is 21.9 Å². The quantitative estimate of drug-likeness (QED) is 0.665. The summed E-state index contributed by atoms with van der Waals surface area (Å²) in [5, 5.41) is 8.62. The van der Waals surface area contributed by atoms with Crippen LogP contribution in [0.5, 0.6) is 0 Å². The number of aliphatic carboxylic acids is 1. The highest BCUT2D eigenvalue weighted by Gasteiger charge is 2.26. The van der Waals surface area contributed by atoms with Crippen LogP contribution in [0.1, 0.15) is 24.8 Å². The molecule has 150 valence electrons. The molecular weight excluding hydrogens is 372 g/mol. The molecule has 0 radical (unpaired) electrons. The van der Waals surface area contributed by atoms with E-state index in [0.717, 1.165) is 5.56 Å². The Kier molecular flexibility index (Phi) is 7.76. The number of sulfonamides is 1. The fourth-order valence-electron chi connectivity index (χ4n) is 2.80. The van der Waals surface area contributed by atoms with E-state index in [1.165, 1.54) is 9.21 Å². The molecule has 1 aliphatic rings. The molecule has 0 atom stereocenters. The van der Waals surface area contributed by atoms with Crippen molar-refractivity contribution in [2.24, 2.45) is 0 Å². The molecule has 0 aromatic heterocycles. The van der Waals surface area contributed by atoms with E-state index >= 15 is 0 Å². The van der Waals surface area contributed by atoms with Gasteiger partial charge in [-0.25, -0.2) is 8.42 Å². The number of hydrogen-bond acceptors (Lipinski definition) is 5. The van der Waals surface area contributed by atoms with Gasteiger partial charge in [0.05, 0.1) is 18.1 Å². The number of aryl methyl sites for hydroxylation is 1. The lowest BCUT2D eigenvalue weighted by Crippen LogP contribution is -2.40. The van der Waals surface area contributed by atoms with Gasteiger partial charge in [0.15, 0.2) is 0 Å². The zero-order chi connectivity index (χ0) is 19.9. The minimum Gasteiger partial charge on any atom is -0.481 e. The van der Waals surface area contributed by atoms with Gasteiger partial charge < -0.3 is 14.7 Å². The molecule has 1 saturated heterocycles. The molecule has 0 unspecified atom stereocenters. The number of rotatable bonds is 9. The summed E-state index contributed by atoms with van der Waals surface area (Å²) in [6.45, 7) is 1.92. The van der Waals surface area contributed by atoms with Crippen LogP contribution in [0.3, 0.4) is 0 Å². The van der Waals surface area contributed by atoms with Crippen molar-refractivity contribution in [3.63, 3.8) is 0 Å². The monoisotopic (exact) mass is 398 g/mol. The molecule has 27 heavy (non-hydrogen) atoms. The lowest BCUT2D eigenvalue weighted by Gasteiger charge is -2.26. The van der Waals surface area contributed by atoms with E-state index in [1.54, 1.807) is 31.3 Å². The van der Waals surface area contributed by atoms with E-state index in [1.807, 2.05) is 0 Å². The summed E-state index contributed by atoms with van der Waals surface area (Å²) in [6.07, 6.45) is 1.25. The van der Waals surface area contributed by atoms with Gasteiger partial charge >= 0.3 is 5.97 Å². The molecular formula is C18H26N2O6S. The van der Waals surface area contributed by atoms with Crippen LogP contribution in [-0.2, 0) is 30.8 Å². The number of carboxylic acid groups (broad SMARTS) is 1. The van der Waals surface area contributed by atoms with Crippen LogP contribution in [0, 0.1) is 0 Å². The number of carbonyl (C=O) groups is 2. The van der Waals surface area contributed by atoms with Crippen molar-refractivity contribution in [2.75, 3.05) is 39.9 Å². The molecule has 2 rings (SSSR count). The Labute approximate surface area is 159 Å². The van der Waals surface area contributed by atoms with Gasteiger partial charge in [-0.2, -0.15) is 4.31 Å². The van der Waals surface area contributed by atoms with Crippen LogP contribution in [0.2, 0.25) is 0 Å². The van der Waals surface area contributed by atoms with Crippen LogP contribution >= 0.6 is 0 Å². The van der Waals surface area contributed by atoms with Crippen LogP contribution in [0.25, 0.3) is 0 Å². The Bertz CT molecular complexity index is 742. The number of carboxylic acids is 1. The highest BCUT2D eigenvalue weighted by Crippen LogP contribution is 2.18. The van der Waals surface area contributed by atoms with E-state index < -0.39 is 16.0 Å². The third-order valence-electron chi connectivity index (χ3n) is 4.47. The van der Waals surface area contributed by atoms with Crippen molar-refractivity contribution in [3.05, 3.63) is 29.8 Å². The number of benzene rings is 1. The zero-order valence-corrected chi connectivity index (χ0v) is 16.3. The number of nitrogens with zero attached hydrogens (tertiary/aromatic N) is 2. The molecule has 0 aliphatic carbocycles. The normalized spacial score (nSPS) is 15.4. The van der Waals surface area contributed by atoms with E-state index in [0.29, 0.717) is 52.1 Å². The fraction of sp³-hybridized carbons (Fsp3) is 0.556. The fourth-order valence-corrected chi connectivity index (χ4v) is 4.21. The molecule has 1 N–H and O–H groups in total. The molecule has 9 heteroatoms. The second kappa shape index (κ2) is 9.82. The van der Waals surface area contributed by atoms with E-state index in [2.05, 4.69) is 0 Å². The smallest absolute Gasteiger partial charge is 0.303 e. The molecule has 0 saturated carbocycles. The summed E-state index contributed by atoms with van der Waals surface area (Å²) < 4.78 is 31.7. The summed E-state index contributed by atoms with van der Waals surface area (Å²) in [4.78, 5) is 24.4. The third-order valence-corrected chi connectivity index (χ3v) is 6.38. The number of amides is 1. The maximum atomic E-state index is 12.6. The summed E-state index contributed by atoms with van der Waals surface area (Å²) in [5.74, 6) is -0.937. The van der Waals surface area contributed by atoms with Crippen molar-refractivity contribution in [3.8, 4) is 0 Å². The first-order chi connectivity index (χ1) is 12.8.